The van der Waals surface area contributed by atoms with Crippen molar-refractivity contribution in [3.63, 3.8) is 0 Å². The van der Waals surface area contributed by atoms with Gasteiger partial charge in [-0.3, -0.25) is 0 Å². The third-order valence-corrected chi connectivity index (χ3v) is 2.25. The van der Waals surface area contributed by atoms with Gasteiger partial charge in [-0.15, -0.1) is 0 Å². The maximum Gasteiger partial charge on any atom is 0.406 e. The van der Waals surface area contributed by atoms with Gasteiger partial charge in [0.25, 0.3) is 0 Å². The molecule has 0 spiro atoms. The van der Waals surface area contributed by atoms with E-state index in [9.17, 15) is 4.79 Å². The summed E-state index contributed by atoms with van der Waals surface area (Å²) in [4.78, 5) is 10.7. The molecule has 0 radical (unpaired) electrons. The highest BCUT2D eigenvalue weighted by atomic mass is 79.9. The number of rotatable bonds is 3. The lowest BCUT2D eigenvalue weighted by Crippen LogP contribution is -2.25. The molecular weight excluding hydrogens is 246 g/mol. The van der Waals surface area contributed by atoms with Crippen LogP contribution in [0.2, 0.25) is 0 Å². The quantitative estimate of drug-likeness (QED) is 0.903. The molecule has 0 aliphatic carbocycles. The normalized spacial score (nSPS) is 9.57. The molecule has 1 aromatic rings. The van der Waals surface area contributed by atoms with Crippen molar-refractivity contribution in [1.82, 2.24) is 5.32 Å². The van der Waals surface area contributed by atoms with E-state index in [1.807, 2.05) is 24.3 Å². The molecule has 0 bridgehead atoms. The maximum absolute atomic E-state index is 10.7. The van der Waals surface area contributed by atoms with Crippen LogP contribution in [0.25, 0.3) is 0 Å². The van der Waals surface area contributed by atoms with Crippen molar-refractivity contribution in [2.45, 2.75) is 6.42 Å². The van der Waals surface area contributed by atoms with Crippen LogP contribution in [0.1, 0.15) is 5.56 Å². The third kappa shape index (κ3) is 3.79. The van der Waals surface area contributed by atoms with E-state index >= 15 is 0 Å². The summed E-state index contributed by atoms with van der Waals surface area (Å²) in [7, 11) is 1.36. The number of benzene rings is 1. The van der Waals surface area contributed by atoms with E-state index in [0.29, 0.717) is 6.54 Å². The van der Waals surface area contributed by atoms with E-state index in [0.717, 1.165) is 10.9 Å². The first kappa shape index (κ1) is 11.0. The summed E-state index contributed by atoms with van der Waals surface area (Å²) in [6.07, 6.45) is 0.411. The Morgan fingerprint density at radius 3 is 3.00 bits per heavy atom. The van der Waals surface area contributed by atoms with Crippen LogP contribution >= 0.6 is 15.9 Å². The van der Waals surface area contributed by atoms with Crippen LogP contribution in [0.15, 0.2) is 28.7 Å². The minimum Gasteiger partial charge on any atom is -0.453 e. The number of ether oxygens (including phenoxy) is 1. The monoisotopic (exact) mass is 257 g/mol. The Morgan fingerprint density at radius 1 is 1.57 bits per heavy atom. The van der Waals surface area contributed by atoms with Gasteiger partial charge in [-0.2, -0.15) is 0 Å². The van der Waals surface area contributed by atoms with Crippen molar-refractivity contribution in [3.8, 4) is 0 Å². The van der Waals surface area contributed by atoms with Crippen LogP contribution in [0.3, 0.4) is 0 Å². The predicted octanol–water partition coefficient (Wildman–Crippen LogP) is 2.35. The molecule has 0 aliphatic heterocycles. The van der Waals surface area contributed by atoms with Gasteiger partial charge in [-0.25, -0.2) is 4.79 Å². The van der Waals surface area contributed by atoms with Crippen LogP contribution in [0.4, 0.5) is 4.79 Å². The molecule has 1 amide bonds. The van der Waals surface area contributed by atoms with Gasteiger partial charge in [0.15, 0.2) is 0 Å². The molecule has 0 saturated heterocycles. The standard InChI is InChI=1S/C10H12BrNO2/c1-14-10(13)12-6-5-8-3-2-4-9(11)7-8/h2-4,7H,5-6H2,1H3,(H,12,13). The van der Waals surface area contributed by atoms with E-state index in [1.165, 1.54) is 12.7 Å². The van der Waals surface area contributed by atoms with E-state index in [-0.39, 0.29) is 6.09 Å². The minimum atomic E-state index is -0.389. The summed E-state index contributed by atoms with van der Waals surface area (Å²) in [5.41, 5.74) is 1.18. The van der Waals surface area contributed by atoms with E-state index in [4.69, 9.17) is 0 Å². The molecule has 1 aromatic carbocycles. The highest BCUT2D eigenvalue weighted by molar-refractivity contribution is 9.10. The summed E-state index contributed by atoms with van der Waals surface area (Å²) in [5.74, 6) is 0. The van der Waals surface area contributed by atoms with E-state index in [2.05, 4.69) is 26.0 Å². The zero-order valence-corrected chi connectivity index (χ0v) is 9.50. The maximum atomic E-state index is 10.7. The molecule has 0 atom stereocenters. The number of carbonyl (C=O) groups excluding carboxylic acids is 1. The fourth-order valence-corrected chi connectivity index (χ4v) is 1.52. The molecular formula is C10H12BrNO2. The van der Waals surface area contributed by atoms with Crippen LogP contribution in [-0.4, -0.2) is 19.7 Å². The molecule has 76 valence electrons. The summed E-state index contributed by atoms with van der Waals surface area (Å²) < 4.78 is 5.50. The molecule has 0 saturated carbocycles. The second kappa shape index (κ2) is 5.65. The summed E-state index contributed by atoms with van der Waals surface area (Å²) >= 11 is 3.38. The largest absolute Gasteiger partial charge is 0.453 e. The highest BCUT2D eigenvalue weighted by Crippen LogP contribution is 2.11. The minimum absolute atomic E-state index is 0.389. The van der Waals surface area contributed by atoms with Crippen molar-refractivity contribution in [2.75, 3.05) is 13.7 Å². The molecule has 14 heavy (non-hydrogen) atoms. The number of hydrogen-bond acceptors (Lipinski definition) is 2. The zero-order chi connectivity index (χ0) is 10.4. The van der Waals surface area contributed by atoms with Gasteiger partial charge < -0.3 is 10.1 Å². The van der Waals surface area contributed by atoms with Crippen molar-refractivity contribution in [3.05, 3.63) is 34.3 Å². The molecule has 0 unspecified atom stereocenters. The molecule has 0 aliphatic rings. The third-order valence-electron chi connectivity index (χ3n) is 1.76. The average Bonchev–Trinajstić information content (AvgIpc) is 2.17. The van der Waals surface area contributed by atoms with Crippen LogP contribution in [0.5, 0.6) is 0 Å². The Bertz CT molecular complexity index is 315. The van der Waals surface area contributed by atoms with Crippen molar-refractivity contribution in [1.29, 1.82) is 0 Å². The molecule has 0 fully saturated rings. The molecule has 1 rings (SSSR count). The van der Waals surface area contributed by atoms with Crippen LogP contribution in [-0.2, 0) is 11.2 Å². The smallest absolute Gasteiger partial charge is 0.406 e. The van der Waals surface area contributed by atoms with E-state index < -0.39 is 0 Å². The van der Waals surface area contributed by atoms with Gasteiger partial charge in [0.1, 0.15) is 0 Å². The van der Waals surface area contributed by atoms with Crippen molar-refractivity contribution in [2.24, 2.45) is 0 Å². The van der Waals surface area contributed by atoms with E-state index in [1.54, 1.807) is 0 Å². The first-order valence-electron chi connectivity index (χ1n) is 4.28. The highest BCUT2D eigenvalue weighted by Gasteiger charge is 1.98. The summed E-state index contributed by atoms with van der Waals surface area (Å²) in [6.45, 7) is 0.586. The fraction of sp³-hybridized carbons (Fsp3) is 0.300. The van der Waals surface area contributed by atoms with Gasteiger partial charge in [-0.05, 0) is 24.1 Å². The molecule has 0 aromatic heterocycles. The van der Waals surface area contributed by atoms with Crippen LogP contribution < -0.4 is 5.32 Å². The number of amides is 1. The lowest BCUT2D eigenvalue weighted by Gasteiger charge is -2.03. The molecule has 1 N–H and O–H groups in total. The Morgan fingerprint density at radius 2 is 2.36 bits per heavy atom. The summed E-state index contributed by atoms with van der Waals surface area (Å²) in [6, 6.07) is 7.98. The number of hydrogen-bond donors (Lipinski definition) is 1. The first-order valence-corrected chi connectivity index (χ1v) is 5.08. The fourth-order valence-electron chi connectivity index (χ4n) is 1.07. The second-order valence-electron chi connectivity index (χ2n) is 2.80. The Balaban J connectivity index is 2.35. The summed E-state index contributed by atoms with van der Waals surface area (Å²) in [5, 5.41) is 2.62. The average molecular weight is 258 g/mol. The SMILES string of the molecule is COC(=O)NCCc1cccc(Br)c1. The van der Waals surface area contributed by atoms with Gasteiger partial charge in [0.2, 0.25) is 0 Å². The lowest BCUT2D eigenvalue weighted by molar-refractivity contribution is 0.171. The topological polar surface area (TPSA) is 38.3 Å². The number of carbonyl (C=O) groups is 1. The van der Waals surface area contributed by atoms with Gasteiger partial charge in [0.05, 0.1) is 7.11 Å². The number of nitrogens with one attached hydrogen (secondary N) is 1. The lowest BCUT2D eigenvalue weighted by atomic mass is 10.1. The number of alkyl carbamates (subject to hydrolysis) is 1. The molecule has 0 heterocycles. The Hall–Kier alpha value is -1.03. The Kier molecular flexibility index (Phi) is 4.46. The number of halogens is 1. The molecule has 3 nitrogen and oxygen atoms in total. The second-order valence-corrected chi connectivity index (χ2v) is 3.71. The van der Waals surface area contributed by atoms with Crippen LogP contribution in [0, 0.1) is 0 Å². The van der Waals surface area contributed by atoms with Gasteiger partial charge in [-0.1, -0.05) is 28.1 Å². The van der Waals surface area contributed by atoms with Crippen molar-refractivity contribution >= 4 is 22.0 Å². The van der Waals surface area contributed by atoms with Gasteiger partial charge >= 0.3 is 6.09 Å². The predicted molar refractivity (Wildman–Crippen MR) is 58.3 cm³/mol. The first-order chi connectivity index (χ1) is 6.72. The van der Waals surface area contributed by atoms with Crippen molar-refractivity contribution < 1.29 is 9.53 Å². The zero-order valence-electron chi connectivity index (χ0n) is 7.92. The molecule has 4 heteroatoms. The van der Waals surface area contributed by atoms with Gasteiger partial charge in [0, 0.05) is 11.0 Å². The Labute approximate surface area is 91.6 Å². The number of methoxy groups -OCH3 is 1.